The smallest absolute Gasteiger partial charge is 0.207 e. The Bertz CT molecular complexity index is 1410. The van der Waals surface area contributed by atoms with E-state index in [1.54, 1.807) is 13.0 Å². The predicted molar refractivity (Wildman–Crippen MR) is 161 cm³/mol. The first-order chi connectivity index (χ1) is 19.9. The molecule has 0 aromatic heterocycles. The second-order valence-corrected chi connectivity index (χ2v) is 11.4. The van der Waals surface area contributed by atoms with Crippen LogP contribution in [0.5, 0.6) is 17.2 Å². The number of alkyl halides is 1. The zero-order valence-corrected chi connectivity index (χ0v) is 27.3. The van der Waals surface area contributed by atoms with Crippen LogP contribution >= 0.6 is 32.9 Å². The maximum absolute atomic E-state index is 13.8. The van der Waals surface area contributed by atoms with Gasteiger partial charge in [0.25, 0.3) is 0 Å². The number of aliphatic hydroxyl groups excluding tert-OH is 1. The minimum Gasteiger partial charge on any atom is -0.507 e. The van der Waals surface area contributed by atoms with Crippen molar-refractivity contribution in [2.24, 2.45) is 5.73 Å². The molecule has 236 valence electrons. The van der Waals surface area contributed by atoms with Crippen LogP contribution in [0.25, 0.3) is 0 Å². The van der Waals surface area contributed by atoms with Gasteiger partial charge in [-0.05, 0) is 13.0 Å². The summed E-state index contributed by atoms with van der Waals surface area (Å²) in [5.41, 5.74) is 3.36. The van der Waals surface area contributed by atoms with Gasteiger partial charge in [-0.15, -0.1) is 17.0 Å². The Morgan fingerprint density at radius 3 is 2.33 bits per heavy atom. The van der Waals surface area contributed by atoms with Gasteiger partial charge in [0, 0.05) is 56.2 Å². The molecule has 2 aromatic carbocycles. The number of halogens is 2. The Morgan fingerprint density at radius 2 is 1.74 bits per heavy atom. The highest BCUT2D eigenvalue weighted by molar-refractivity contribution is 9.09. The van der Waals surface area contributed by atoms with E-state index in [9.17, 15) is 30.0 Å². The number of methoxy groups -OCH3 is 3. The van der Waals surface area contributed by atoms with Crippen molar-refractivity contribution in [2.45, 2.75) is 68.2 Å². The normalized spacial score (nSPS) is 28.4. The lowest BCUT2D eigenvalue weighted by atomic mass is 9.70. The summed E-state index contributed by atoms with van der Waals surface area (Å²) in [7, 11) is 4.04. The average Bonchev–Trinajstić information content (AvgIpc) is 2.96. The van der Waals surface area contributed by atoms with E-state index in [2.05, 4.69) is 15.9 Å². The molecular weight excluding hydrogens is 698 g/mol. The van der Waals surface area contributed by atoms with Crippen molar-refractivity contribution >= 4 is 44.5 Å². The van der Waals surface area contributed by atoms with E-state index in [1.807, 2.05) is 0 Å². The number of carbonyl (C=O) groups excluding carboxylic acids is 2. The minimum absolute atomic E-state index is 0. The molecule has 6 atom stereocenters. The van der Waals surface area contributed by atoms with E-state index < -0.39 is 76.2 Å². The Kier molecular flexibility index (Phi) is 9.68. The van der Waals surface area contributed by atoms with Crippen LogP contribution in [-0.2, 0) is 25.4 Å². The number of phenols is 2. The van der Waals surface area contributed by atoms with Crippen molar-refractivity contribution in [3.63, 3.8) is 0 Å². The number of aromatic hydroxyl groups is 2. The number of fused-ring (bicyclic) bond motifs is 3. The van der Waals surface area contributed by atoms with Crippen molar-refractivity contribution in [2.75, 3.05) is 26.7 Å². The fourth-order valence-electron chi connectivity index (χ4n) is 6.38. The molecule has 3 aliphatic rings. The van der Waals surface area contributed by atoms with Crippen molar-refractivity contribution in [1.29, 1.82) is 0 Å². The number of phenolic OH excluding ortho intramolecular Hbond substituents is 2. The standard InChI is InChI=1S/C29H34BrNO11.BrH/c1-12-23(32)15(31)8-18(41-12)42-17-10-28(37,29(11-30,39-3)40-4)9-14-20(17)27(36)22-21(25(14)34)24(33)13-6-5-7-16(38-2)19(13)26(22)35;/h5-7,12,15,17-18,23,32,34,36-37H,8-11,31H2,1-4H3;1H/t12-,15-,17-,18-,23+,28-;/m0./s1. The van der Waals surface area contributed by atoms with Gasteiger partial charge in [0.1, 0.15) is 22.8 Å². The number of aliphatic hydroxyl groups is 2. The van der Waals surface area contributed by atoms with Crippen molar-refractivity contribution in [3.05, 3.63) is 51.6 Å². The number of hydrogen-bond acceptors (Lipinski definition) is 12. The third-order valence-corrected chi connectivity index (χ3v) is 9.43. The molecule has 0 bridgehead atoms. The fraction of sp³-hybridized carbons (Fsp3) is 0.517. The first-order valence-electron chi connectivity index (χ1n) is 13.4. The molecule has 14 heteroatoms. The Balaban J connectivity index is 0.00000423. The van der Waals surface area contributed by atoms with Crippen molar-refractivity contribution < 1.29 is 53.7 Å². The van der Waals surface area contributed by atoms with Crippen LogP contribution in [0.15, 0.2) is 18.2 Å². The number of ether oxygens (including phenoxy) is 5. The van der Waals surface area contributed by atoms with Gasteiger partial charge in [-0.1, -0.05) is 28.1 Å². The second kappa shape index (κ2) is 12.3. The van der Waals surface area contributed by atoms with Gasteiger partial charge >= 0.3 is 0 Å². The number of hydrogen-bond donors (Lipinski definition) is 5. The number of ketones is 2. The van der Waals surface area contributed by atoms with Gasteiger partial charge in [0.05, 0.1) is 47.4 Å². The Labute approximate surface area is 266 Å². The zero-order chi connectivity index (χ0) is 30.7. The molecule has 43 heavy (non-hydrogen) atoms. The molecule has 6 N–H and O–H groups in total. The van der Waals surface area contributed by atoms with Crippen molar-refractivity contribution in [3.8, 4) is 17.2 Å². The highest BCUT2D eigenvalue weighted by Gasteiger charge is 2.57. The predicted octanol–water partition coefficient (Wildman–Crippen LogP) is 2.40. The molecule has 1 aliphatic heterocycles. The van der Waals surface area contributed by atoms with Crippen LogP contribution in [0.3, 0.4) is 0 Å². The average molecular weight is 733 g/mol. The number of rotatable bonds is 7. The third-order valence-electron chi connectivity index (χ3n) is 8.69. The van der Waals surface area contributed by atoms with E-state index >= 15 is 0 Å². The maximum Gasteiger partial charge on any atom is 0.207 e. The summed E-state index contributed by atoms with van der Waals surface area (Å²) in [5, 5.41) is 45.7. The Hall–Kier alpha value is -2.14. The fourth-order valence-corrected chi connectivity index (χ4v) is 7.36. The van der Waals surface area contributed by atoms with E-state index in [0.29, 0.717) is 0 Å². The number of benzene rings is 2. The van der Waals surface area contributed by atoms with E-state index in [0.717, 1.165) is 0 Å². The number of nitrogens with two attached hydrogens (primary N) is 1. The maximum atomic E-state index is 13.8. The van der Waals surface area contributed by atoms with Gasteiger partial charge < -0.3 is 49.8 Å². The molecule has 1 saturated heterocycles. The summed E-state index contributed by atoms with van der Waals surface area (Å²) >= 11 is 3.34. The monoisotopic (exact) mass is 731 g/mol. The van der Waals surface area contributed by atoms with Crippen molar-refractivity contribution in [1.82, 2.24) is 0 Å². The van der Waals surface area contributed by atoms with E-state index in [4.69, 9.17) is 29.4 Å². The molecular formula is C29H35Br2NO11. The summed E-state index contributed by atoms with van der Waals surface area (Å²) in [6.07, 6.45) is -4.33. The molecule has 0 unspecified atom stereocenters. The van der Waals surface area contributed by atoms with Gasteiger partial charge in [-0.3, -0.25) is 9.59 Å². The minimum atomic E-state index is -1.89. The van der Waals surface area contributed by atoms with Crippen LogP contribution in [0, 0.1) is 0 Å². The SMILES string of the molecule is Br.COc1cccc2c1C(=O)c1c(O)c3c(c(O)c1C2=O)C[C@@](O)(C(CBr)(OC)OC)C[C@@H]3O[C@H]1C[C@H](N)[C@H](O)[C@H](C)O1. The van der Waals surface area contributed by atoms with Crippen LogP contribution in [-0.4, -0.2) is 94.6 Å². The molecule has 1 fully saturated rings. The van der Waals surface area contributed by atoms with Gasteiger partial charge in [0.15, 0.2) is 12.1 Å². The quantitative estimate of drug-likeness (QED) is 0.136. The summed E-state index contributed by atoms with van der Waals surface area (Å²) in [6.45, 7) is 1.63. The molecule has 0 saturated carbocycles. The molecule has 12 nitrogen and oxygen atoms in total. The first-order valence-corrected chi connectivity index (χ1v) is 14.5. The Morgan fingerprint density at radius 1 is 1.09 bits per heavy atom. The highest BCUT2D eigenvalue weighted by Crippen LogP contribution is 2.54. The largest absolute Gasteiger partial charge is 0.507 e. The molecule has 0 spiro atoms. The molecule has 2 aliphatic carbocycles. The highest BCUT2D eigenvalue weighted by atomic mass is 79.9. The lowest BCUT2D eigenvalue weighted by Crippen LogP contribution is -2.61. The molecule has 1 heterocycles. The molecule has 5 rings (SSSR count). The number of carbonyl (C=O) groups is 2. The lowest BCUT2D eigenvalue weighted by molar-refractivity contribution is -0.306. The molecule has 2 aromatic rings. The summed E-state index contributed by atoms with van der Waals surface area (Å²) in [5.74, 6) is -4.10. The van der Waals surface area contributed by atoms with E-state index in [1.165, 1.54) is 33.5 Å². The first kappa shape index (κ1) is 33.7. The molecule has 0 radical (unpaired) electrons. The summed E-state index contributed by atoms with van der Waals surface area (Å²) < 4.78 is 28.7. The van der Waals surface area contributed by atoms with Gasteiger partial charge in [-0.2, -0.15) is 0 Å². The van der Waals surface area contributed by atoms with Gasteiger partial charge in [-0.25, -0.2) is 0 Å². The van der Waals surface area contributed by atoms with Crippen LogP contribution in [0.2, 0.25) is 0 Å². The molecule has 0 amide bonds. The summed E-state index contributed by atoms with van der Waals surface area (Å²) in [4.78, 5) is 27.5. The van der Waals surface area contributed by atoms with Crippen LogP contribution < -0.4 is 10.5 Å². The summed E-state index contributed by atoms with van der Waals surface area (Å²) in [6, 6.07) is 3.81. The lowest BCUT2D eigenvalue weighted by Gasteiger charge is -2.49. The third kappa shape index (κ3) is 5.10. The van der Waals surface area contributed by atoms with Gasteiger partial charge in [0.2, 0.25) is 11.6 Å². The van der Waals surface area contributed by atoms with E-state index in [-0.39, 0.29) is 69.6 Å². The zero-order valence-electron chi connectivity index (χ0n) is 24.0. The van der Waals surface area contributed by atoms with Crippen LogP contribution in [0.4, 0.5) is 0 Å². The topological polar surface area (TPSA) is 187 Å². The second-order valence-electron chi connectivity index (χ2n) is 10.9. The van der Waals surface area contributed by atoms with Crippen LogP contribution in [0.1, 0.15) is 68.8 Å².